The van der Waals surface area contributed by atoms with Gasteiger partial charge in [-0.1, -0.05) is 29.8 Å². The maximum absolute atomic E-state index is 13.5. The quantitative estimate of drug-likeness (QED) is 0.291. The van der Waals surface area contributed by atoms with Crippen molar-refractivity contribution >= 4 is 39.4 Å². The summed E-state index contributed by atoms with van der Waals surface area (Å²) in [5, 5.41) is 4.53. The van der Waals surface area contributed by atoms with Gasteiger partial charge in [-0.3, -0.25) is 9.10 Å². The predicted octanol–water partition coefficient (Wildman–Crippen LogP) is 4.37. The SMILES string of the molecule is CCOc1cc(/C=N\NC(=O)CN(c2cccc(F)c2)S(C)(=O)=O)ccc1OCc1ccc(Cl)cc1. The molecule has 3 rings (SSSR count). The molecule has 0 atom stereocenters. The van der Waals surface area contributed by atoms with Crippen molar-refractivity contribution in [2.24, 2.45) is 5.10 Å². The third-order valence-corrected chi connectivity index (χ3v) is 6.15. The Morgan fingerprint density at radius 2 is 1.83 bits per heavy atom. The van der Waals surface area contributed by atoms with E-state index >= 15 is 0 Å². The zero-order chi connectivity index (χ0) is 26.1. The Balaban J connectivity index is 1.65. The number of carbonyl (C=O) groups excluding carboxylic acids is 1. The van der Waals surface area contributed by atoms with Gasteiger partial charge in [-0.15, -0.1) is 0 Å². The fraction of sp³-hybridized carbons (Fsp3) is 0.200. The molecule has 0 saturated carbocycles. The van der Waals surface area contributed by atoms with Crippen LogP contribution in [0.3, 0.4) is 0 Å². The molecular weight excluding hydrogens is 509 g/mol. The topological polar surface area (TPSA) is 97.3 Å². The van der Waals surface area contributed by atoms with Gasteiger partial charge >= 0.3 is 0 Å². The highest BCUT2D eigenvalue weighted by atomic mass is 35.5. The Morgan fingerprint density at radius 1 is 1.08 bits per heavy atom. The number of ether oxygens (including phenoxy) is 2. The number of benzene rings is 3. The molecule has 1 N–H and O–H groups in total. The van der Waals surface area contributed by atoms with Gasteiger partial charge in [0, 0.05) is 5.02 Å². The molecule has 0 fully saturated rings. The molecule has 0 aromatic heterocycles. The molecular formula is C25H25ClFN3O5S. The summed E-state index contributed by atoms with van der Waals surface area (Å²) in [6, 6.07) is 17.4. The molecule has 0 aliphatic heterocycles. The third kappa shape index (κ3) is 7.96. The van der Waals surface area contributed by atoms with Gasteiger partial charge in [0.05, 0.1) is 24.8 Å². The highest BCUT2D eigenvalue weighted by molar-refractivity contribution is 7.92. The van der Waals surface area contributed by atoms with Gasteiger partial charge in [0.1, 0.15) is 19.0 Å². The van der Waals surface area contributed by atoms with E-state index in [4.69, 9.17) is 21.1 Å². The fourth-order valence-corrected chi connectivity index (χ4v) is 4.08. The summed E-state index contributed by atoms with van der Waals surface area (Å²) in [6.07, 6.45) is 2.32. The van der Waals surface area contributed by atoms with E-state index in [-0.39, 0.29) is 5.69 Å². The fourth-order valence-electron chi connectivity index (χ4n) is 3.11. The van der Waals surface area contributed by atoms with E-state index in [0.717, 1.165) is 22.2 Å². The molecule has 11 heteroatoms. The number of anilines is 1. The van der Waals surface area contributed by atoms with Crippen LogP contribution in [-0.2, 0) is 21.4 Å². The minimum absolute atomic E-state index is 0.0344. The number of hydrogen-bond donors (Lipinski definition) is 1. The highest BCUT2D eigenvalue weighted by Crippen LogP contribution is 2.29. The average Bonchev–Trinajstić information content (AvgIpc) is 2.82. The van der Waals surface area contributed by atoms with Crippen LogP contribution < -0.4 is 19.2 Å². The van der Waals surface area contributed by atoms with Crippen LogP contribution in [0, 0.1) is 5.82 Å². The molecule has 36 heavy (non-hydrogen) atoms. The van der Waals surface area contributed by atoms with Crippen molar-refractivity contribution in [3.8, 4) is 11.5 Å². The average molecular weight is 534 g/mol. The number of hydrazone groups is 1. The number of halogens is 2. The van der Waals surface area contributed by atoms with Crippen molar-refractivity contribution in [3.05, 3.63) is 88.7 Å². The smallest absolute Gasteiger partial charge is 0.260 e. The van der Waals surface area contributed by atoms with Crippen molar-refractivity contribution in [2.75, 3.05) is 23.7 Å². The Bertz CT molecular complexity index is 1330. The zero-order valence-electron chi connectivity index (χ0n) is 19.6. The van der Waals surface area contributed by atoms with Crippen molar-refractivity contribution in [2.45, 2.75) is 13.5 Å². The molecule has 0 saturated heterocycles. The predicted molar refractivity (Wildman–Crippen MR) is 138 cm³/mol. The summed E-state index contributed by atoms with van der Waals surface area (Å²) >= 11 is 5.91. The molecule has 0 heterocycles. The van der Waals surface area contributed by atoms with Gasteiger partial charge in [-0.25, -0.2) is 18.2 Å². The van der Waals surface area contributed by atoms with E-state index in [0.29, 0.717) is 35.3 Å². The Labute approximate surface area is 214 Å². The standard InChI is InChI=1S/C25H25ClFN3O5S/c1-3-34-24-13-19(9-12-23(24)35-17-18-7-10-20(26)11-8-18)15-28-29-25(31)16-30(36(2,32)33)22-6-4-5-21(27)14-22/h4-15H,3,16-17H2,1-2H3,(H,29,31)/b28-15-. The van der Waals surface area contributed by atoms with Crippen molar-refractivity contribution in [3.63, 3.8) is 0 Å². The minimum Gasteiger partial charge on any atom is -0.490 e. The van der Waals surface area contributed by atoms with Crippen molar-refractivity contribution < 1.29 is 27.1 Å². The molecule has 0 radical (unpaired) electrons. The molecule has 0 spiro atoms. The van der Waals surface area contributed by atoms with Gasteiger partial charge in [0.25, 0.3) is 5.91 Å². The number of nitrogens with one attached hydrogen (secondary N) is 1. The lowest BCUT2D eigenvalue weighted by atomic mass is 10.2. The number of rotatable bonds is 11. The van der Waals surface area contributed by atoms with Crippen LogP contribution in [-0.4, -0.2) is 39.9 Å². The van der Waals surface area contributed by atoms with E-state index in [9.17, 15) is 17.6 Å². The van der Waals surface area contributed by atoms with E-state index in [1.165, 1.54) is 24.4 Å². The van der Waals surface area contributed by atoms with Gasteiger partial charge in [-0.05, 0) is 66.6 Å². The number of nitrogens with zero attached hydrogens (tertiary/aromatic N) is 2. The van der Waals surface area contributed by atoms with E-state index in [2.05, 4.69) is 10.5 Å². The molecule has 1 amide bonds. The first-order valence-electron chi connectivity index (χ1n) is 10.8. The number of sulfonamides is 1. The summed E-state index contributed by atoms with van der Waals surface area (Å²) in [7, 11) is -3.83. The van der Waals surface area contributed by atoms with E-state index in [1.54, 1.807) is 30.3 Å². The van der Waals surface area contributed by atoms with E-state index < -0.39 is 28.3 Å². The monoisotopic (exact) mass is 533 g/mol. The molecule has 0 unspecified atom stereocenters. The van der Waals surface area contributed by atoms with Crippen LogP contribution in [0.2, 0.25) is 5.02 Å². The van der Waals surface area contributed by atoms with Gasteiger partial charge in [0.2, 0.25) is 10.0 Å². The molecule has 3 aromatic carbocycles. The van der Waals surface area contributed by atoms with Crippen LogP contribution >= 0.6 is 11.6 Å². The van der Waals surface area contributed by atoms with Gasteiger partial charge in [-0.2, -0.15) is 5.10 Å². The number of hydrogen-bond acceptors (Lipinski definition) is 6. The molecule has 0 aliphatic carbocycles. The maximum atomic E-state index is 13.5. The first-order valence-corrected chi connectivity index (χ1v) is 13.1. The molecule has 8 nitrogen and oxygen atoms in total. The first-order chi connectivity index (χ1) is 17.2. The summed E-state index contributed by atoms with van der Waals surface area (Å²) in [4.78, 5) is 12.3. The van der Waals surface area contributed by atoms with Crippen molar-refractivity contribution in [1.82, 2.24) is 5.43 Å². The molecule has 3 aromatic rings. The third-order valence-electron chi connectivity index (χ3n) is 4.76. The number of carbonyl (C=O) groups is 1. The lowest BCUT2D eigenvalue weighted by Crippen LogP contribution is -2.39. The lowest BCUT2D eigenvalue weighted by Gasteiger charge is -2.21. The van der Waals surface area contributed by atoms with Crippen LogP contribution in [0.15, 0.2) is 71.8 Å². The number of amides is 1. The van der Waals surface area contributed by atoms with E-state index in [1.807, 2.05) is 19.1 Å². The summed E-state index contributed by atoms with van der Waals surface area (Å²) in [5.74, 6) is -0.290. The van der Waals surface area contributed by atoms with Crippen LogP contribution in [0.1, 0.15) is 18.1 Å². The van der Waals surface area contributed by atoms with Crippen LogP contribution in [0.25, 0.3) is 0 Å². The maximum Gasteiger partial charge on any atom is 0.260 e. The molecule has 0 aliphatic rings. The molecule has 190 valence electrons. The summed E-state index contributed by atoms with van der Waals surface area (Å²) < 4.78 is 50.1. The largest absolute Gasteiger partial charge is 0.490 e. The zero-order valence-corrected chi connectivity index (χ0v) is 21.2. The minimum atomic E-state index is -3.83. The second-order valence-corrected chi connectivity index (χ2v) is 9.94. The molecule has 0 bridgehead atoms. The normalized spacial score (nSPS) is 11.3. The second-order valence-electron chi connectivity index (χ2n) is 7.60. The summed E-state index contributed by atoms with van der Waals surface area (Å²) in [6.45, 7) is 2.01. The van der Waals surface area contributed by atoms with Crippen LogP contribution in [0.5, 0.6) is 11.5 Å². The van der Waals surface area contributed by atoms with Gasteiger partial charge in [0.15, 0.2) is 11.5 Å². The van der Waals surface area contributed by atoms with Gasteiger partial charge < -0.3 is 9.47 Å². The van der Waals surface area contributed by atoms with Crippen molar-refractivity contribution in [1.29, 1.82) is 0 Å². The lowest BCUT2D eigenvalue weighted by molar-refractivity contribution is -0.119. The Morgan fingerprint density at radius 3 is 2.50 bits per heavy atom. The Kier molecular flexibility index (Phi) is 9.26. The summed E-state index contributed by atoms with van der Waals surface area (Å²) in [5.41, 5.74) is 3.87. The van der Waals surface area contributed by atoms with Crippen LogP contribution in [0.4, 0.5) is 10.1 Å². The second kappa shape index (κ2) is 12.4. The first kappa shape index (κ1) is 27.0. The Hall–Kier alpha value is -3.63. The highest BCUT2D eigenvalue weighted by Gasteiger charge is 2.21.